The maximum atomic E-state index is 13.9. The average Bonchev–Trinajstić information content (AvgIpc) is 3.47. The van der Waals surface area contributed by atoms with Gasteiger partial charge in [0.2, 0.25) is 11.8 Å². The van der Waals surface area contributed by atoms with E-state index >= 15 is 0 Å². The number of hydrogen-bond donors (Lipinski definition) is 0. The van der Waals surface area contributed by atoms with Gasteiger partial charge in [-0.2, -0.15) is 0 Å². The monoisotopic (exact) mass is 436 g/mol. The number of carbonyl (C=O) groups excluding carboxylic acids is 2. The number of hydrogen-bond acceptors (Lipinski definition) is 4. The van der Waals surface area contributed by atoms with Gasteiger partial charge in [-0.1, -0.05) is 45.0 Å². The van der Waals surface area contributed by atoms with Gasteiger partial charge in [-0.25, -0.2) is 0 Å². The summed E-state index contributed by atoms with van der Waals surface area (Å²) in [6.07, 6.45) is 0.706. The van der Waals surface area contributed by atoms with Crippen LogP contribution in [0, 0.1) is 11.8 Å². The van der Waals surface area contributed by atoms with E-state index in [0.717, 1.165) is 22.6 Å². The summed E-state index contributed by atoms with van der Waals surface area (Å²) in [6, 6.07) is 14.9. The molecule has 1 heterocycles. The molecule has 0 aromatic heterocycles. The van der Waals surface area contributed by atoms with E-state index in [4.69, 9.17) is 9.47 Å². The summed E-state index contributed by atoms with van der Waals surface area (Å²) < 4.78 is 10.5. The van der Waals surface area contributed by atoms with Gasteiger partial charge in [0.05, 0.1) is 14.2 Å². The number of ether oxygens (including phenoxy) is 2. The summed E-state index contributed by atoms with van der Waals surface area (Å²) in [4.78, 5) is 31.4. The minimum absolute atomic E-state index is 0.00877. The quantitative estimate of drug-likeness (QED) is 0.661. The molecule has 1 saturated heterocycles. The smallest absolute Gasteiger partial charge is 0.249 e. The molecule has 0 radical (unpaired) electrons. The van der Waals surface area contributed by atoms with E-state index in [1.807, 2.05) is 72.2 Å². The Kier molecular flexibility index (Phi) is 5.89. The lowest BCUT2D eigenvalue weighted by Gasteiger charge is -2.47. The van der Waals surface area contributed by atoms with E-state index < -0.39 is 11.6 Å². The lowest BCUT2D eigenvalue weighted by molar-refractivity contribution is -0.168. The Labute approximate surface area is 190 Å². The Morgan fingerprint density at radius 3 is 1.78 bits per heavy atom. The largest absolute Gasteiger partial charge is 0.497 e. The van der Waals surface area contributed by atoms with Crippen molar-refractivity contribution in [3.8, 4) is 11.5 Å². The second kappa shape index (κ2) is 8.49. The molecule has 2 fully saturated rings. The van der Waals surface area contributed by atoms with Crippen molar-refractivity contribution in [2.75, 3.05) is 14.2 Å². The third-order valence-electron chi connectivity index (χ3n) is 6.88. The Morgan fingerprint density at radius 2 is 1.38 bits per heavy atom. The molecule has 1 aliphatic carbocycles. The zero-order valence-corrected chi connectivity index (χ0v) is 19.5. The molecule has 6 nitrogen and oxygen atoms in total. The van der Waals surface area contributed by atoms with E-state index in [0.29, 0.717) is 19.5 Å². The first-order valence-corrected chi connectivity index (χ1v) is 11.2. The minimum atomic E-state index is -0.741. The molecule has 1 saturated carbocycles. The van der Waals surface area contributed by atoms with Gasteiger partial charge in [0, 0.05) is 13.1 Å². The van der Waals surface area contributed by atoms with E-state index in [1.54, 1.807) is 14.2 Å². The van der Waals surface area contributed by atoms with Gasteiger partial charge in [0.25, 0.3) is 0 Å². The number of amides is 2. The molecular formula is C26H32N2O4. The van der Waals surface area contributed by atoms with Gasteiger partial charge >= 0.3 is 0 Å². The third-order valence-corrected chi connectivity index (χ3v) is 6.88. The highest BCUT2D eigenvalue weighted by molar-refractivity contribution is 6.02. The highest BCUT2D eigenvalue weighted by atomic mass is 16.5. The zero-order chi connectivity index (χ0) is 23.0. The van der Waals surface area contributed by atoms with Crippen LogP contribution in [0.3, 0.4) is 0 Å². The first-order valence-electron chi connectivity index (χ1n) is 11.2. The van der Waals surface area contributed by atoms with Crippen LogP contribution in [0.4, 0.5) is 0 Å². The second-order valence-corrected chi connectivity index (χ2v) is 9.27. The molecule has 3 atom stereocenters. The van der Waals surface area contributed by atoms with Crippen LogP contribution in [-0.4, -0.2) is 47.4 Å². The third kappa shape index (κ3) is 3.72. The molecule has 2 aromatic rings. The van der Waals surface area contributed by atoms with Crippen LogP contribution in [0.25, 0.3) is 0 Å². The maximum absolute atomic E-state index is 13.9. The topological polar surface area (TPSA) is 59.1 Å². The van der Waals surface area contributed by atoms with Crippen molar-refractivity contribution < 1.29 is 19.1 Å². The van der Waals surface area contributed by atoms with Crippen LogP contribution in [0.5, 0.6) is 11.5 Å². The Morgan fingerprint density at radius 1 is 0.906 bits per heavy atom. The Bertz CT molecular complexity index is 986. The number of methoxy groups -OCH3 is 2. The zero-order valence-electron chi connectivity index (χ0n) is 19.5. The maximum Gasteiger partial charge on any atom is 0.249 e. The number of nitrogens with zero attached hydrogens (tertiary/aromatic N) is 2. The predicted molar refractivity (Wildman–Crippen MR) is 122 cm³/mol. The summed E-state index contributed by atoms with van der Waals surface area (Å²) in [5.41, 5.74) is 1.25. The highest BCUT2D eigenvalue weighted by Crippen LogP contribution is 2.53. The van der Waals surface area contributed by atoms with Crippen molar-refractivity contribution >= 4 is 11.8 Å². The van der Waals surface area contributed by atoms with Gasteiger partial charge in [0.15, 0.2) is 0 Å². The molecule has 6 heteroatoms. The lowest BCUT2D eigenvalue weighted by Crippen LogP contribution is -2.67. The van der Waals surface area contributed by atoms with Crippen molar-refractivity contribution in [1.82, 2.24) is 9.80 Å². The molecule has 2 aromatic carbocycles. The van der Waals surface area contributed by atoms with Crippen LogP contribution >= 0.6 is 0 Å². The average molecular weight is 437 g/mol. The van der Waals surface area contributed by atoms with Crippen molar-refractivity contribution in [2.24, 2.45) is 11.8 Å². The van der Waals surface area contributed by atoms with Crippen molar-refractivity contribution in [2.45, 2.75) is 51.9 Å². The van der Waals surface area contributed by atoms with Crippen LogP contribution in [0.1, 0.15) is 38.3 Å². The van der Waals surface area contributed by atoms with Crippen LogP contribution < -0.4 is 9.47 Å². The van der Waals surface area contributed by atoms with Crippen LogP contribution in [-0.2, 0) is 22.7 Å². The summed E-state index contributed by atoms with van der Waals surface area (Å²) in [6.45, 7) is 6.93. The molecule has 170 valence electrons. The summed E-state index contributed by atoms with van der Waals surface area (Å²) in [7, 11) is 3.26. The number of piperazine rings is 1. The van der Waals surface area contributed by atoms with Gasteiger partial charge < -0.3 is 19.3 Å². The van der Waals surface area contributed by atoms with Crippen molar-refractivity contribution in [3.05, 3.63) is 59.7 Å². The number of benzene rings is 2. The molecule has 32 heavy (non-hydrogen) atoms. The summed E-state index contributed by atoms with van der Waals surface area (Å²) >= 11 is 0. The number of carbonyl (C=O) groups is 2. The van der Waals surface area contributed by atoms with Gasteiger partial charge in [0.1, 0.15) is 23.1 Å². The Balaban J connectivity index is 1.65. The van der Waals surface area contributed by atoms with Gasteiger partial charge in [-0.15, -0.1) is 0 Å². The van der Waals surface area contributed by atoms with Gasteiger partial charge in [-0.3, -0.25) is 9.59 Å². The lowest BCUT2D eigenvalue weighted by atomic mass is 9.92. The first kappa shape index (κ1) is 22.2. The predicted octanol–water partition coefficient (Wildman–Crippen LogP) is 3.88. The second-order valence-electron chi connectivity index (χ2n) is 9.27. The molecule has 1 spiro atoms. The number of rotatable bonds is 7. The standard InChI is InChI=1S/C26H32N2O4/c1-17(2)23-24(29)28(16-20-8-12-22(32-5)13-9-20)26(14-18(26)3)25(30)27(23)15-19-6-10-21(31-4)11-7-19/h6-13,17-18,23H,14-16H2,1-5H3/t18-,23-,26-/m0/s1. The van der Waals surface area contributed by atoms with Crippen LogP contribution in [0.15, 0.2) is 48.5 Å². The van der Waals surface area contributed by atoms with Crippen molar-refractivity contribution in [3.63, 3.8) is 0 Å². The van der Waals surface area contributed by atoms with E-state index in [2.05, 4.69) is 6.92 Å². The van der Waals surface area contributed by atoms with E-state index in [9.17, 15) is 9.59 Å². The fourth-order valence-corrected chi connectivity index (χ4v) is 4.94. The molecule has 4 rings (SSSR count). The summed E-state index contributed by atoms with van der Waals surface area (Å²) in [5.74, 6) is 1.79. The van der Waals surface area contributed by atoms with Gasteiger partial charge in [-0.05, 0) is 53.6 Å². The molecule has 0 unspecified atom stereocenters. The first-order chi connectivity index (χ1) is 15.3. The molecule has 1 aliphatic heterocycles. The Hall–Kier alpha value is -3.02. The van der Waals surface area contributed by atoms with Crippen molar-refractivity contribution in [1.29, 1.82) is 0 Å². The fraction of sp³-hybridized carbons (Fsp3) is 0.462. The SMILES string of the molecule is COc1ccc(CN2C(=O)[C@@]3(C[C@@H]3C)N(Cc3ccc(OC)cc3)C(=O)[C@@H]2C(C)C)cc1. The molecular weight excluding hydrogens is 404 g/mol. The van der Waals surface area contributed by atoms with Crippen LogP contribution in [0.2, 0.25) is 0 Å². The van der Waals surface area contributed by atoms with E-state index in [1.165, 1.54) is 0 Å². The normalized spacial score (nSPS) is 24.9. The highest BCUT2D eigenvalue weighted by Gasteiger charge is 2.68. The molecule has 0 N–H and O–H groups in total. The van der Waals surface area contributed by atoms with E-state index in [-0.39, 0.29) is 23.7 Å². The minimum Gasteiger partial charge on any atom is -0.497 e. The molecule has 0 bridgehead atoms. The summed E-state index contributed by atoms with van der Waals surface area (Å²) in [5, 5.41) is 0. The fourth-order valence-electron chi connectivity index (χ4n) is 4.94. The molecule has 2 amide bonds. The molecule has 2 aliphatic rings.